The van der Waals surface area contributed by atoms with Gasteiger partial charge in [0, 0.05) is 55.1 Å². The monoisotopic (exact) mass is 416 g/mol. The van der Waals surface area contributed by atoms with Crippen molar-refractivity contribution < 1.29 is 22.6 Å². The Morgan fingerprint density at radius 3 is 2.62 bits per heavy atom. The highest BCUT2D eigenvalue weighted by Crippen LogP contribution is 2.40. The first-order valence-corrected chi connectivity index (χ1v) is 11.3. The van der Waals surface area contributed by atoms with Gasteiger partial charge in [0.25, 0.3) is 0 Å². The van der Waals surface area contributed by atoms with Crippen molar-refractivity contribution in [2.75, 3.05) is 26.6 Å². The van der Waals surface area contributed by atoms with Gasteiger partial charge in [0.1, 0.15) is 17.4 Å². The first-order valence-electron chi connectivity index (χ1n) is 9.45. The molecule has 29 heavy (non-hydrogen) atoms. The number of benzene rings is 1. The predicted molar refractivity (Wildman–Crippen MR) is 110 cm³/mol. The zero-order valence-electron chi connectivity index (χ0n) is 16.7. The molecule has 1 fully saturated rings. The fourth-order valence-corrected chi connectivity index (χ4v) is 4.36. The lowest BCUT2D eigenvalue weighted by Crippen LogP contribution is -2.26. The Hall–Kier alpha value is -2.58. The maximum absolute atomic E-state index is 12.2. The highest BCUT2D eigenvalue weighted by Gasteiger charge is 2.22. The van der Waals surface area contributed by atoms with Gasteiger partial charge in [-0.25, -0.2) is 13.4 Å². The Bertz CT molecular complexity index is 1150. The number of fused-ring (bicyclic) bond motifs is 1. The Morgan fingerprint density at radius 2 is 1.93 bits per heavy atom. The van der Waals surface area contributed by atoms with Crippen LogP contribution in [-0.4, -0.2) is 50.7 Å². The molecular formula is C21H24N2O5S. The fraction of sp³-hybridized carbons (Fsp3) is 0.381. The molecule has 3 heterocycles. The van der Waals surface area contributed by atoms with E-state index >= 15 is 0 Å². The van der Waals surface area contributed by atoms with Crippen LogP contribution in [0.4, 0.5) is 0 Å². The van der Waals surface area contributed by atoms with Crippen LogP contribution in [0.3, 0.4) is 0 Å². The molecule has 0 amide bonds. The van der Waals surface area contributed by atoms with Crippen molar-refractivity contribution in [3.63, 3.8) is 0 Å². The van der Waals surface area contributed by atoms with Crippen molar-refractivity contribution in [2.45, 2.75) is 23.8 Å². The molecule has 0 unspecified atom stereocenters. The number of nitrogens with zero attached hydrogens (tertiary/aromatic N) is 2. The van der Waals surface area contributed by atoms with Gasteiger partial charge in [0.15, 0.2) is 9.84 Å². The third kappa shape index (κ3) is 3.82. The lowest BCUT2D eigenvalue weighted by atomic mass is 10.0. The maximum atomic E-state index is 12.2. The third-order valence-corrected chi connectivity index (χ3v) is 6.29. The number of hydrogen-bond donors (Lipinski definition) is 0. The number of aryl methyl sites for hydroxylation is 1. The molecule has 0 N–H and O–H groups in total. The Balaban J connectivity index is 1.90. The number of hydrogen-bond acceptors (Lipinski definition) is 6. The van der Waals surface area contributed by atoms with Crippen LogP contribution in [-0.2, 0) is 21.6 Å². The number of methoxy groups -OCH3 is 1. The molecule has 8 heteroatoms. The number of rotatable bonds is 5. The summed E-state index contributed by atoms with van der Waals surface area (Å²) in [6, 6.07) is 6.93. The average Bonchev–Trinajstić information content (AvgIpc) is 3.05. The zero-order valence-corrected chi connectivity index (χ0v) is 17.5. The second-order valence-electron chi connectivity index (χ2n) is 7.23. The van der Waals surface area contributed by atoms with E-state index in [0.717, 1.165) is 34.9 Å². The van der Waals surface area contributed by atoms with E-state index in [1.54, 1.807) is 31.5 Å². The topological polar surface area (TPSA) is 79.7 Å². The van der Waals surface area contributed by atoms with Crippen molar-refractivity contribution in [2.24, 2.45) is 7.05 Å². The van der Waals surface area contributed by atoms with E-state index < -0.39 is 9.84 Å². The number of aromatic nitrogens is 2. The van der Waals surface area contributed by atoms with Crippen LogP contribution in [0.15, 0.2) is 41.6 Å². The average molecular weight is 416 g/mol. The van der Waals surface area contributed by atoms with Crippen LogP contribution < -0.4 is 9.47 Å². The summed E-state index contributed by atoms with van der Waals surface area (Å²) in [5.74, 6) is 1.18. The van der Waals surface area contributed by atoms with Crippen molar-refractivity contribution in [1.29, 1.82) is 0 Å². The van der Waals surface area contributed by atoms with Crippen LogP contribution in [0.25, 0.3) is 22.0 Å². The zero-order chi connectivity index (χ0) is 20.6. The molecule has 0 aliphatic carbocycles. The second kappa shape index (κ2) is 7.68. The van der Waals surface area contributed by atoms with Crippen LogP contribution in [0, 0.1) is 0 Å². The highest BCUT2D eigenvalue weighted by molar-refractivity contribution is 7.90. The molecule has 0 spiro atoms. The standard InChI is InChI=1S/C21H24N2O5S/c1-23-13-18(16-6-9-22-21(26-2)20(16)23)17-12-15(29(3,24)25)4-5-19(17)28-14-7-10-27-11-8-14/h4-6,9,12-14H,7-8,10-11H2,1-3H3. The van der Waals surface area contributed by atoms with E-state index in [1.165, 1.54) is 6.26 Å². The fourth-order valence-electron chi connectivity index (χ4n) is 3.71. The van der Waals surface area contributed by atoms with Crippen LogP contribution in [0.2, 0.25) is 0 Å². The van der Waals surface area contributed by atoms with Gasteiger partial charge in [0.05, 0.1) is 25.2 Å². The van der Waals surface area contributed by atoms with Crippen LogP contribution in [0.5, 0.6) is 11.6 Å². The van der Waals surface area contributed by atoms with E-state index in [0.29, 0.717) is 24.8 Å². The van der Waals surface area contributed by atoms with E-state index in [-0.39, 0.29) is 11.0 Å². The quantitative estimate of drug-likeness (QED) is 0.635. The summed E-state index contributed by atoms with van der Waals surface area (Å²) in [5, 5.41) is 0.918. The molecule has 154 valence electrons. The Labute approximate surface area is 170 Å². The molecule has 0 bridgehead atoms. The minimum Gasteiger partial charge on any atom is -0.490 e. The van der Waals surface area contributed by atoms with Crippen molar-refractivity contribution in [3.8, 4) is 22.8 Å². The van der Waals surface area contributed by atoms with Crippen molar-refractivity contribution >= 4 is 20.7 Å². The summed E-state index contributed by atoms with van der Waals surface area (Å²) in [6.45, 7) is 1.33. The van der Waals surface area contributed by atoms with E-state index in [1.807, 2.05) is 23.9 Å². The number of pyridine rings is 1. The van der Waals surface area contributed by atoms with Gasteiger partial charge in [-0.15, -0.1) is 0 Å². The van der Waals surface area contributed by atoms with Gasteiger partial charge in [-0.05, 0) is 24.3 Å². The van der Waals surface area contributed by atoms with Crippen LogP contribution >= 0.6 is 0 Å². The first-order chi connectivity index (χ1) is 13.9. The van der Waals surface area contributed by atoms with Gasteiger partial charge in [-0.1, -0.05) is 0 Å². The first kappa shape index (κ1) is 19.7. The van der Waals surface area contributed by atoms with Gasteiger partial charge in [0.2, 0.25) is 5.88 Å². The minimum absolute atomic E-state index is 0.0396. The van der Waals surface area contributed by atoms with Gasteiger partial charge < -0.3 is 18.8 Å². The molecule has 2 aromatic heterocycles. The smallest absolute Gasteiger partial charge is 0.238 e. The molecule has 3 aromatic rings. The Kier molecular flexibility index (Phi) is 5.23. The van der Waals surface area contributed by atoms with E-state index in [4.69, 9.17) is 14.2 Å². The van der Waals surface area contributed by atoms with Crippen molar-refractivity contribution in [1.82, 2.24) is 9.55 Å². The predicted octanol–water partition coefficient (Wildman–Crippen LogP) is 3.21. The van der Waals surface area contributed by atoms with E-state index in [2.05, 4.69) is 4.98 Å². The summed E-state index contributed by atoms with van der Waals surface area (Å²) >= 11 is 0. The lowest BCUT2D eigenvalue weighted by molar-refractivity contribution is 0.0258. The van der Waals surface area contributed by atoms with Crippen LogP contribution in [0.1, 0.15) is 12.8 Å². The number of ether oxygens (including phenoxy) is 3. The summed E-state index contributed by atoms with van der Waals surface area (Å²) in [6.07, 6.45) is 6.50. The summed E-state index contributed by atoms with van der Waals surface area (Å²) in [5.41, 5.74) is 2.45. The molecule has 1 saturated heterocycles. The molecule has 1 aliphatic heterocycles. The Morgan fingerprint density at radius 1 is 1.17 bits per heavy atom. The largest absolute Gasteiger partial charge is 0.490 e. The highest BCUT2D eigenvalue weighted by atomic mass is 32.2. The summed E-state index contributed by atoms with van der Waals surface area (Å²) < 4.78 is 43.4. The van der Waals surface area contributed by atoms with Crippen molar-refractivity contribution in [3.05, 3.63) is 36.7 Å². The lowest BCUT2D eigenvalue weighted by Gasteiger charge is -2.24. The normalized spacial score (nSPS) is 15.6. The van der Waals surface area contributed by atoms with Gasteiger partial charge in [-0.2, -0.15) is 0 Å². The molecule has 0 atom stereocenters. The number of sulfone groups is 1. The molecule has 1 aromatic carbocycles. The van der Waals surface area contributed by atoms with Gasteiger partial charge >= 0.3 is 0 Å². The minimum atomic E-state index is -3.36. The SMILES string of the molecule is COc1nccc2c(-c3cc(S(C)(=O)=O)ccc3OC3CCOCC3)cn(C)c12. The van der Waals surface area contributed by atoms with E-state index in [9.17, 15) is 8.42 Å². The molecule has 1 aliphatic rings. The molecule has 4 rings (SSSR count). The third-order valence-electron chi connectivity index (χ3n) is 5.18. The molecule has 0 radical (unpaired) electrons. The molecule has 7 nitrogen and oxygen atoms in total. The summed E-state index contributed by atoms with van der Waals surface area (Å²) in [4.78, 5) is 4.54. The molecule has 0 saturated carbocycles. The summed E-state index contributed by atoms with van der Waals surface area (Å²) in [7, 11) is 0.132. The molecular weight excluding hydrogens is 392 g/mol. The van der Waals surface area contributed by atoms with Gasteiger partial charge in [-0.3, -0.25) is 0 Å². The second-order valence-corrected chi connectivity index (χ2v) is 9.25. The maximum Gasteiger partial charge on any atom is 0.238 e.